The van der Waals surface area contributed by atoms with Crippen molar-refractivity contribution in [3.63, 3.8) is 0 Å². The summed E-state index contributed by atoms with van der Waals surface area (Å²) >= 11 is 0. The molecule has 6 heteroatoms. The Morgan fingerprint density at radius 1 is 1.79 bits per heavy atom. The van der Waals surface area contributed by atoms with Gasteiger partial charge in [0.05, 0.1) is 0 Å². The van der Waals surface area contributed by atoms with Crippen molar-refractivity contribution in [2.75, 3.05) is 0 Å². The molecule has 0 saturated carbocycles. The first-order valence-electron chi connectivity index (χ1n) is 4.25. The number of amides is 1. The van der Waals surface area contributed by atoms with Crippen LogP contribution in [0.25, 0.3) is 0 Å². The van der Waals surface area contributed by atoms with Crippen molar-refractivity contribution in [2.24, 2.45) is 5.73 Å². The van der Waals surface area contributed by atoms with E-state index in [4.69, 9.17) is 10.3 Å². The predicted octanol–water partition coefficient (Wildman–Crippen LogP) is -0.255. The number of carbonyl (C=O) groups excluding carboxylic acids is 1. The monoisotopic (exact) mass is 198 g/mol. The van der Waals surface area contributed by atoms with Crippen LogP contribution in [0.3, 0.4) is 0 Å². The molecular weight excluding hydrogens is 186 g/mol. The number of aromatic nitrogens is 2. The molecule has 1 aromatic heterocycles. The minimum Gasteiger partial charge on any atom is -0.385 e. The number of nitrogens with zero attached hydrogens (tertiary/aromatic N) is 2. The lowest BCUT2D eigenvalue weighted by Gasteiger charge is -2.01. The Balaban J connectivity index is 2.51. The third kappa shape index (κ3) is 2.81. The minimum absolute atomic E-state index is 0.0167. The van der Waals surface area contributed by atoms with E-state index >= 15 is 0 Å². The number of hydrogen-bond donors (Lipinski definition) is 2. The second kappa shape index (κ2) is 4.71. The number of carbonyl (C=O) groups is 1. The highest BCUT2D eigenvalue weighted by molar-refractivity contribution is 5.74. The summed E-state index contributed by atoms with van der Waals surface area (Å²) in [5.41, 5.74) is 4.90. The summed E-state index contributed by atoms with van der Waals surface area (Å²) in [6.45, 7) is 1.86. The number of aliphatic hydroxyl groups excluding tert-OH is 1. The second-order valence-corrected chi connectivity index (χ2v) is 2.75. The van der Waals surface area contributed by atoms with Crippen molar-refractivity contribution < 1.29 is 14.4 Å². The van der Waals surface area contributed by atoms with E-state index in [0.717, 1.165) is 0 Å². The fraction of sp³-hybridized carbons (Fsp3) is 0.500. The minimum atomic E-state index is -1.01. The predicted molar refractivity (Wildman–Crippen MR) is 46.7 cm³/mol. The van der Waals surface area contributed by atoms with Gasteiger partial charge in [-0.15, -0.1) is 0 Å². The first-order chi connectivity index (χ1) is 6.63. The van der Waals surface area contributed by atoms with Gasteiger partial charge < -0.3 is 15.4 Å². The number of hydrogen-bond acceptors (Lipinski definition) is 5. The van der Waals surface area contributed by atoms with Gasteiger partial charge in [-0.3, -0.25) is 4.79 Å². The van der Waals surface area contributed by atoms with Crippen LogP contribution in [0, 0.1) is 6.42 Å². The molecule has 0 saturated heterocycles. The van der Waals surface area contributed by atoms with Crippen LogP contribution in [-0.2, 0) is 11.2 Å². The summed E-state index contributed by atoms with van der Waals surface area (Å²) in [7, 11) is 0. The van der Waals surface area contributed by atoms with Crippen LogP contribution in [0.5, 0.6) is 0 Å². The molecular formula is C8H12N3O3. The zero-order chi connectivity index (χ0) is 10.6. The highest BCUT2D eigenvalue weighted by Crippen LogP contribution is 2.13. The van der Waals surface area contributed by atoms with Gasteiger partial charge >= 0.3 is 0 Å². The Labute approximate surface area is 81.1 Å². The summed E-state index contributed by atoms with van der Waals surface area (Å²) in [6.07, 6.45) is 0.908. The normalized spacial score (nSPS) is 12.7. The lowest BCUT2D eigenvalue weighted by atomic mass is 10.2. The zero-order valence-electron chi connectivity index (χ0n) is 7.80. The van der Waals surface area contributed by atoms with Gasteiger partial charge in [0.1, 0.15) is 6.10 Å². The lowest BCUT2D eigenvalue weighted by Crippen LogP contribution is -2.13. The third-order valence-electron chi connectivity index (χ3n) is 1.59. The molecule has 6 nitrogen and oxygen atoms in total. The van der Waals surface area contributed by atoms with Gasteiger partial charge in [0, 0.05) is 19.3 Å². The molecule has 0 aliphatic heterocycles. The molecule has 0 bridgehead atoms. The van der Waals surface area contributed by atoms with Crippen molar-refractivity contribution in [3.05, 3.63) is 18.1 Å². The number of aliphatic hydroxyl groups is 1. The first-order valence-corrected chi connectivity index (χ1v) is 4.25. The van der Waals surface area contributed by atoms with Crippen molar-refractivity contribution in [1.29, 1.82) is 0 Å². The number of rotatable bonds is 5. The molecule has 1 amide bonds. The number of aryl methyl sites for hydroxylation is 1. The van der Waals surface area contributed by atoms with Gasteiger partial charge in [-0.25, -0.2) is 0 Å². The van der Waals surface area contributed by atoms with E-state index in [2.05, 4.69) is 10.1 Å². The van der Waals surface area contributed by atoms with Crippen molar-refractivity contribution in [2.45, 2.75) is 25.9 Å². The van der Waals surface area contributed by atoms with E-state index < -0.39 is 12.0 Å². The van der Waals surface area contributed by atoms with Gasteiger partial charge in [-0.1, -0.05) is 12.1 Å². The summed E-state index contributed by atoms with van der Waals surface area (Å²) in [5, 5.41) is 13.0. The lowest BCUT2D eigenvalue weighted by molar-refractivity contribution is -0.117. The largest absolute Gasteiger partial charge is 0.385 e. The maximum Gasteiger partial charge on any atom is 0.226 e. The SMILES string of the molecule is CCc1nc([C@@H](O)[CH]CC(N)=O)no1. The van der Waals surface area contributed by atoms with Crippen LogP contribution < -0.4 is 5.73 Å². The highest BCUT2D eigenvalue weighted by atomic mass is 16.5. The van der Waals surface area contributed by atoms with Crippen LogP contribution in [0.4, 0.5) is 0 Å². The zero-order valence-corrected chi connectivity index (χ0v) is 7.80. The Bertz CT molecular complexity index is 311. The molecule has 0 spiro atoms. The average Bonchev–Trinajstić information content (AvgIpc) is 2.62. The van der Waals surface area contributed by atoms with Gasteiger partial charge in [0.15, 0.2) is 0 Å². The molecule has 0 aromatic carbocycles. The molecule has 1 atom stereocenters. The Morgan fingerprint density at radius 2 is 2.50 bits per heavy atom. The Kier molecular flexibility index (Phi) is 3.58. The van der Waals surface area contributed by atoms with Crippen molar-refractivity contribution in [3.8, 4) is 0 Å². The quantitative estimate of drug-likeness (QED) is 0.678. The van der Waals surface area contributed by atoms with E-state index in [0.29, 0.717) is 12.3 Å². The molecule has 77 valence electrons. The smallest absolute Gasteiger partial charge is 0.226 e. The topological polar surface area (TPSA) is 102 Å². The third-order valence-corrected chi connectivity index (χ3v) is 1.59. The molecule has 0 aliphatic rings. The highest BCUT2D eigenvalue weighted by Gasteiger charge is 2.15. The van der Waals surface area contributed by atoms with E-state index in [-0.39, 0.29) is 12.2 Å². The summed E-state index contributed by atoms with van der Waals surface area (Å²) in [5.74, 6) is 0.0953. The van der Waals surface area contributed by atoms with E-state index in [9.17, 15) is 9.90 Å². The van der Waals surface area contributed by atoms with Gasteiger partial charge in [0.2, 0.25) is 17.6 Å². The molecule has 1 rings (SSSR count). The Hall–Kier alpha value is -1.43. The van der Waals surface area contributed by atoms with Crippen molar-refractivity contribution in [1.82, 2.24) is 10.1 Å². The molecule has 14 heavy (non-hydrogen) atoms. The van der Waals surface area contributed by atoms with E-state index in [1.165, 1.54) is 6.42 Å². The van der Waals surface area contributed by atoms with Crippen LogP contribution in [0.15, 0.2) is 4.52 Å². The van der Waals surface area contributed by atoms with Crippen LogP contribution in [-0.4, -0.2) is 21.2 Å². The van der Waals surface area contributed by atoms with E-state index in [1.54, 1.807) is 0 Å². The summed E-state index contributed by atoms with van der Waals surface area (Å²) in [4.78, 5) is 14.3. The molecule has 0 fully saturated rings. The summed E-state index contributed by atoms with van der Waals surface area (Å²) in [6, 6.07) is 0. The molecule has 1 radical (unpaired) electrons. The van der Waals surface area contributed by atoms with Gasteiger partial charge in [-0.2, -0.15) is 4.98 Å². The second-order valence-electron chi connectivity index (χ2n) is 2.75. The van der Waals surface area contributed by atoms with Crippen LogP contribution in [0.2, 0.25) is 0 Å². The summed E-state index contributed by atoms with van der Waals surface area (Å²) < 4.78 is 4.78. The van der Waals surface area contributed by atoms with E-state index in [1.807, 2.05) is 6.92 Å². The first kappa shape index (κ1) is 10.6. The van der Waals surface area contributed by atoms with Gasteiger partial charge in [-0.05, 0) is 0 Å². The van der Waals surface area contributed by atoms with Gasteiger partial charge in [0.25, 0.3) is 0 Å². The fourth-order valence-corrected chi connectivity index (χ4v) is 0.865. The number of nitrogens with two attached hydrogens (primary N) is 1. The Morgan fingerprint density at radius 3 is 3.00 bits per heavy atom. The molecule has 0 unspecified atom stereocenters. The van der Waals surface area contributed by atoms with Crippen LogP contribution in [0.1, 0.15) is 31.2 Å². The number of primary amides is 1. The fourth-order valence-electron chi connectivity index (χ4n) is 0.865. The van der Waals surface area contributed by atoms with Crippen LogP contribution >= 0.6 is 0 Å². The van der Waals surface area contributed by atoms with Crippen molar-refractivity contribution >= 4 is 5.91 Å². The molecule has 1 aromatic rings. The molecule has 1 heterocycles. The standard InChI is InChI=1S/C8H12N3O3/c1-2-7-10-8(11-14-7)5(12)3-4-6(9)13/h3,5,12H,2,4H2,1H3,(H2,9,13)/t5-/m0/s1. The molecule has 0 aliphatic carbocycles. The maximum absolute atomic E-state index is 10.4. The molecule has 3 N–H and O–H groups in total. The maximum atomic E-state index is 10.4. The average molecular weight is 198 g/mol.